The number of hydrogen-bond donors (Lipinski definition) is 0. The van der Waals surface area contributed by atoms with Crippen LogP contribution in [0.1, 0.15) is 0 Å². The molecule has 0 heterocycles. The van der Waals surface area contributed by atoms with Gasteiger partial charge in [-0.15, -0.1) is 0 Å². The number of hydrogen-bond acceptors (Lipinski definition) is 0. The molecule has 0 saturated carbocycles. The van der Waals surface area contributed by atoms with E-state index in [2.05, 4.69) is 0 Å². The van der Waals surface area contributed by atoms with E-state index in [-0.39, 0.29) is 91.8 Å². The summed E-state index contributed by atoms with van der Waals surface area (Å²) in [6, 6.07) is 0. The van der Waals surface area contributed by atoms with E-state index in [0.717, 1.165) is 0 Å². The third-order valence-corrected chi connectivity index (χ3v) is 0. The Morgan fingerprint density at radius 1 is 1.00 bits per heavy atom. The maximum atomic E-state index is 0. The van der Waals surface area contributed by atoms with Crippen molar-refractivity contribution in [2.24, 2.45) is 0 Å². The summed E-state index contributed by atoms with van der Waals surface area (Å²) in [5, 5.41) is 0. The molecule has 0 amide bonds. The summed E-state index contributed by atoms with van der Waals surface area (Å²) in [5.41, 5.74) is 0. The van der Waals surface area contributed by atoms with E-state index in [0.29, 0.717) is 0 Å². The fourth-order valence-electron chi connectivity index (χ4n) is 0. The first-order valence-electron chi connectivity index (χ1n) is 0. The van der Waals surface area contributed by atoms with Crippen LogP contribution in [0.2, 0.25) is 0 Å². The molecule has 0 spiro atoms. The predicted octanol–water partition coefficient (Wildman–Crippen LogP) is -0.885. The Labute approximate surface area is 90.3 Å². The first kappa shape index (κ1) is 46.4. The first-order valence-corrected chi connectivity index (χ1v) is 0. The van der Waals surface area contributed by atoms with Gasteiger partial charge in [0.25, 0.3) is 0 Å². The smallest absolute Gasteiger partial charge is 2.00 e. The van der Waals surface area contributed by atoms with Gasteiger partial charge in [0, 0.05) is 0 Å². The zero-order chi connectivity index (χ0) is 0. The molecule has 0 aromatic carbocycles. The molecule has 0 bridgehead atoms. The van der Waals surface area contributed by atoms with Crippen LogP contribution < -0.4 is 0 Å². The predicted molar refractivity (Wildman–Crippen MR) is 12.2 cm³/mol. The van der Waals surface area contributed by atoms with Crippen LogP contribution in [0.15, 0.2) is 0 Å². The van der Waals surface area contributed by atoms with Crippen LogP contribution in [-0.4, -0.2) is 49.8 Å². The van der Waals surface area contributed by atoms with Crippen molar-refractivity contribution >= 4 is 49.8 Å². The topological polar surface area (TPSA) is 28.5 Å². The van der Waals surface area contributed by atoms with Gasteiger partial charge < -0.3 is 5.48 Å². The maximum Gasteiger partial charge on any atom is 4.00 e. The first-order chi connectivity index (χ1) is 0. The minimum atomic E-state index is 0. The Morgan fingerprint density at radius 2 is 1.00 bits per heavy atom. The normalized spacial score (nSPS) is 0. The minimum absolute atomic E-state index is 0. The van der Waals surface area contributed by atoms with Crippen LogP contribution in [0.3, 0.4) is 0 Å². The molecule has 0 N–H and O–H groups in total. The van der Waals surface area contributed by atoms with Crippen molar-refractivity contribution in [3.63, 3.8) is 0 Å². The fourth-order valence-corrected chi connectivity index (χ4v) is 0. The molecule has 1 nitrogen and oxygen atoms in total. The van der Waals surface area contributed by atoms with Gasteiger partial charge in [-0.05, 0) is 0 Å². The van der Waals surface area contributed by atoms with Gasteiger partial charge in [0.05, 0.1) is 0 Å². The Kier molecular flexibility index (Phi) is 272. The Balaban J connectivity index is 0. The van der Waals surface area contributed by atoms with Gasteiger partial charge in [0.1, 0.15) is 0 Å². The molecule has 0 fully saturated rings. The number of rotatable bonds is 0. The van der Waals surface area contributed by atoms with Crippen molar-refractivity contribution in [1.29, 1.82) is 0 Å². The van der Waals surface area contributed by atoms with Gasteiger partial charge in [-0.1, -0.05) is 0 Å². The molecule has 0 aliphatic heterocycles. The van der Waals surface area contributed by atoms with E-state index >= 15 is 0 Å². The molecule has 0 aromatic heterocycles. The zero-order valence-electron chi connectivity index (χ0n) is 2.49. The summed E-state index contributed by atoms with van der Waals surface area (Å²) in [6.45, 7) is 0. The molecule has 17 valence electrons. The molecule has 0 aliphatic rings. The van der Waals surface area contributed by atoms with E-state index in [1.54, 1.807) is 0 Å². The summed E-state index contributed by atoms with van der Waals surface area (Å²) >= 11 is 0. The molecular weight excluding hydrogens is 378 g/mol. The third-order valence-electron chi connectivity index (χ3n) is 0. The van der Waals surface area contributed by atoms with Crippen molar-refractivity contribution in [2.75, 3.05) is 0 Å². The van der Waals surface area contributed by atoms with E-state index in [4.69, 9.17) is 0 Å². The van der Waals surface area contributed by atoms with Gasteiger partial charge in [-0.3, -0.25) is 0 Å². The minimum Gasteiger partial charge on any atom is -2.00 e. The molecule has 0 saturated heterocycles. The Bertz CT molecular complexity index is 11.6. The molecule has 0 aliphatic carbocycles. The Hall–Kier alpha value is 2.77. The molecule has 0 unspecified atom stereocenters. The quantitative estimate of drug-likeness (QED) is 0.490. The van der Waals surface area contributed by atoms with E-state index in [1.165, 1.54) is 0 Å². The second-order valence-electron chi connectivity index (χ2n) is 0. The van der Waals surface area contributed by atoms with Crippen molar-refractivity contribution in [2.45, 2.75) is 0 Å². The van der Waals surface area contributed by atoms with Gasteiger partial charge in [-0.25, -0.2) is 0 Å². The second kappa shape index (κ2) is 29.4. The SMILES string of the molecule is [Cu+2].[In+3].[O-2].[Sn+4].[Zn+2]. The van der Waals surface area contributed by atoms with E-state index in [1.807, 2.05) is 0 Å². The van der Waals surface area contributed by atoms with Crippen LogP contribution in [0.5, 0.6) is 0 Å². The van der Waals surface area contributed by atoms with Crippen LogP contribution in [0, 0.1) is 0 Å². The van der Waals surface area contributed by atoms with Gasteiger partial charge in [-0.2, -0.15) is 0 Å². The summed E-state index contributed by atoms with van der Waals surface area (Å²) in [6.07, 6.45) is 0. The Morgan fingerprint density at radius 3 is 1.00 bits per heavy atom. The molecule has 0 atom stereocenters. The summed E-state index contributed by atoms with van der Waals surface area (Å²) in [4.78, 5) is 0. The molecule has 5 heavy (non-hydrogen) atoms. The zero-order valence-corrected chi connectivity index (χ0v) is 12.6. The fraction of sp³-hybridized carbons (Fsp3) is 0. The molecule has 0 rings (SSSR count). The van der Waals surface area contributed by atoms with Gasteiger partial charge in [0.2, 0.25) is 0 Å². The van der Waals surface area contributed by atoms with Gasteiger partial charge >= 0.3 is 86.3 Å². The largest absolute Gasteiger partial charge is 4.00 e. The second-order valence-corrected chi connectivity index (χ2v) is 0. The van der Waals surface area contributed by atoms with E-state index in [9.17, 15) is 0 Å². The monoisotopic (exact) mass is 378 g/mol. The standard InChI is InChI=1S/Cu.In.O.Sn.Zn/q+2;+3;-2;+4;+2. The van der Waals surface area contributed by atoms with E-state index < -0.39 is 0 Å². The summed E-state index contributed by atoms with van der Waals surface area (Å²) in [5.74, 6) is 0. The van der Waals surface area contributed by atoms with Crippen molar-refractivity contribution < 1.29 is 42.0 Å². The molecule has 1 radical (unpaired) electrons. The molecule has 5 heteroatoms. The van der Waals surface area contributed by atoms with Crippen LogP contribution in [0.4, 0.5) is 0 Å². The third kappa shape index (κ3) is 20.1. The molecular formula is CuInOSnZn+9. The van der Waals surface area contributed by atoms with Crippen molar-refractivity contribution in [1.82, 2.24) is 0 Å². The van der Waals surface area contributed by atoms with Crippen LogP contribution in [-0.2, 0) is 42.0 Å². The average Bonchev–Trinajstić information content (AvgIpc) is 0. The molecule has 0 aromatic rings. The average molecular weight is 378 g/mol. The van der Waals surface area contributed by atoms with Crippen LogP contribution in [0.25, 0.3) is 0 Å². The van der Waals surface area contributed by atoms with Crippen LogP contribution >= 0.6 is 0 Å². The van der Waals surface area contributed by atoms with Gasteiger partial charge in [0.15, 0.2) is 0 Å². The maximum absolute atomic E-state index is 0. The van der Waals surface area contributed by atoms with Crippen molar-refractivity contribution in [3.05, 3.63) is 0 Å². The summed E-state index contributed by atoms with van der Waals surface area (Å²) < 4.78 is 0. The summed E-state index contributed by atoms with van der Waals surface area (Å²) in [7, 11) is 0. The van der Waals surface area contributed by atoms with Crippen molar-refractivity contribution in [3.8, 4) is 0 Å².